The summed E-state index contributed by atoms with van der Waals surface area (Å²) in [5.74, 6) is 1.54. The number of amides is 1. The second-order valence-electron chi connectivity index (χ2n) is 8.45. The van der Waals surface area contributed by atoms with Gasteiger partial charge in [-0.25, -0.2) is 4.79 Å². The molecule has 140 valence electrons. The predicted molar refractivity (Wildman–Crippen MR) is 108 cm³/mol. The molecule has 1 saturated heterocycles. The average molecular weight is 373 g/mol. The van der Waals surface area contributed by atoms with Crippen LogP contribution >= 0.6 is 11.8 Å². The van der Waals surface area contributed by atoms with Crippen molar-refractivity contribution in [3.05, 3.63) is 29.8 Å². The van der Waals surface area contributed by atoms with Gasteiger partial charge in [0.05, 0.1) is 5.69 Å². The van der Waals surface area contributed by atoms with Crippen molar-refractivity contribution in [3.8, 4) is 0 Å². The van der Waals surface area contributed by atoms with E-state index in [1.807, 2.05) is 43.5 Å². The first kappa shape index (κ1) is 17.8. The van der Waals surface area contributed by atoms with Crippen LogP contribution in [0.25, 0.3) is 6.08 Å². The molecular formula is C21H28N2O2S. The van der Waals surface area contributed by atoms with Crippen LogP contribution in [0.1, 0.15) is 50.7 Å². The maximum atomic E-state index is 12.6. The fraction of sp³-hybridized carbons (Fsp3) is 0.571. The number of carbonyl (C=O) groups excluding carboxylic acids is 1. The van der Waals surface area contributed by atoms with Gasteiger partial charge in [-0.2, -0.15) is 0 Å². The van der Waals surface area contributed by atoms with Crippen molar-refractivity contribution in [2.75, 3.05) is 30.3 Å². The number of hydrogen-bond acceptors (Lipinski definition) is 4. The Morgan fingerprint density at radius 2 is 2.15 bits per heavy atom. The Kier molecular flexibility index (Phi) is 4.46. The number of benzene rings is 1. The highest BCUT2D eigenvalue weighted by atomic mass is 32.2. The highest BCUT2D eigenvalue weighted by molar-refractivity contribution is 7.99. The van der Waals surface area contributed by atoms with Crippen LogP contribution in [0.4, 0.5) is 10.5 Å². The molecule has 0 radical (unpaired) electrons. The average Bonchev–Trinajstić information content (AvgIpc) is 2.74. The van der Waals surface area contributed by atoms with Gasteiger partial charge in [-0.3, -0.25) is 0 Å². The molecule has 0 spiro atoms. The molecule has 1 aromatic rings. The maximum Gasteiger partial charge on any atom is 0.410 e. The third kappa shape index (κ3) is 3.11. The number of thioether (sulfide) groups is 1. The molecule has 0 bridgehead atoms. The van der Waals surface area contributed by atoms with Crippen LogP contribution in [0, 0.1) is 0 Å². The molecule has 1 fully saturated rings. The standard InChI is InChI=1S/C21H28N2O2S/c1-5-14-11-15-16-13-22(20(24)25-21(2,3)4)9-7-17(16)23-8-6-10-26-18(12-14)19(15)23/h5,11-12,16-17H,1,6-10,13H2,2-4H3/t16-,17-/m0/s1. The van der Waals surface area contributed by atoms with Gasteiger partial charge in [0, 0.05) is 36.5 Å². The van der Waals surface area contributed by atoms with Gasteiger partial charge >= 0.3 is 6.09 Å². The van der Waals surface area contributed by atoms with Crippen molar-refractivity contribution < 1.29 is 9.53 Å². The molecule has 26 heavy (non-hydrogen) atoms. The van der Waals surface area contributed by atoms with Crippen LogP contribution in [0.5, 0.6) is 0 Å². The van der Waals surface area contributed by atoms with E-state index >= 15 is 0 Å². The third-order valence-corrected chi connectivity index (χ3v) is 6.59. The Morgan fingerprint density at radius 1 is 1.35 bits per heavy atom. The molecular weight excluding hydrogens is 344 g/mol. The lowest BCUT2D eigenvalue weighted by Gasteiger charge is -2.39. The summed E-state index contributed by atoms with van der Waals surface area (Å²) >= 11 is 1.96. The highest BCUT2D eigenvalue weighted by Crippen LogP contribution is 2.51. The van der Waals surface area contributed by atoms with Crippen molar-refractivity contribution in [1.82, 2.24) is 4.90 Å². The maximum absolute atomic E-state index is 12.6. The molecule has 3 heterocycles. The summed E-state index contributed by atoms with van der Waals surface area (Å²) < 4.78 is 5.62. The van der Waals surface area contributed by atoms with Gasteiger partial charge in [0.1, 0.15) is 5.60 Å². The quantitative estimate of drug-likeness (QED) is 0.713. The fourth-order valence-electron chi connectivity index (χ4n) is 4.44. The van der Waals surface area contributed by atoms with Crippen LogP contribution in [0.3, 0.4) is 0 Å². The van der Waals surface area contributed by atoms with E-state index in [4.69, 9.17) is 4.74 Å². The monoisotopic (exact) mass is 372 g/mol. The van der Waals surface area contributed by atoms with Crippen LogP contribution < -0.4 is 4.90 Å². The second kappa shape index (κ2) is 6.52. The van der Waals surface area contributed by atoms with Gasteiger partial charge in [-0.1, -0.05) is 12.7 Å². The molecule has 1 aromatic carbocycles. The molecule has 0 saturated carbocycles. The van der Waals surface area contributed by atoms with E-state index in [2.05, 4.69) is 23.6 Å². The molecule has 4 rings (SSSR count). The molecule has 0 unspecified atom stereocenters. The number of anilines is 1. The number of carbonyl (C=O) groups is 1. The van der Waals surface area contributed by atoms with E-state index in [0.29, 0.717) is 12.0 Å². The van der Waals surface area contributed by atoms with Gasteiger partial charge in [0.15, 0.2) is 0 Å². The van der Waals surface area contributed by atoms with Crippen molar-refractivity contribution >= 4 is 29.6 Å². The first-order valence-electron chi connectivity index (χ1n) is 9.55. The number of ether oxygens (including phenoxy) is 1. The zero-order chi connectivity index (χ0) is 18.5. The Bertz CT molecular complexity index is 740. The number of hydrogen-bond donors (Lipinski definition) is 0. The van der Waals surface area contributed by atoms with Crippen molar-refractivity contribution in [2.45, 2.75) is 56.1 Å². The molecule has 0 aliphatic carbocycles. The zero-order valence-corrected chi connectivity index (χ0v) is 16.8. The minimum Gasteiger partial charge on any atom is -0.444 e. The van der Waals surface area contributed by atoms with E-state index in [1.54, 1.807) is 0 Å². The van der Waals surface area contributed by atoms with Crippen LogP contribution in [-0.2, 0) is 4.74 Å². The zero-order valence-electron chi connectivity index (χ0n) is 16.0. The second-order valence-corrected chi connectivity index (χ2v) is 9.58. The van der Waals surface area contributed by atoms with Crippen molar-refractivity contribution in [3.63, 3.8) is 0 Å². The number of rotatable bonds is 1. The summed E-state index contributed by atoms with van der Waals surface area (Å²) in [6, 6.07) is 5.06. The molecule has 1 amide bonds. The smallest absolute Gasteiger partial charge is 0.410 e. The fourth-order valence-corrected chi connectivity index (χ4v) is 5.53. The molecule has 0 aromatic heterocycles. The van der Waals surface area contributed by atoms with Gasteiger partial charge in [-0.05, 0) is 62.6 Å². The normalized spacial score (nSPS) is 24.6. The molecule has 5 heteroatoms. The topological polar surface area (TPSA) is 32.8 Å². The largest absolute Gasteiger partial charge is 0.444 e. The van der Waals surface area contributed by atoms with E-state index in [1.165, 1.54) is 33.9 Å². The van der Waals surface area contributed by atoms with Gasteiger partial charge < -0.3 is 14.5 Å². The summed E-state index contributed by atoms with van der Waals surface area (Å²) in [5, 5.41) is 0. The van der Waals surface area contributed by atoms with Crippen LogP contribution in [-0.4, -0.2) is 48.0 Å². The summed E-state index contributed by atoms with van der Waals surface area (Å²) in [6.07, 6.45) is 3.97. The third-order valence-electron chi connectivity index (χ3n) is 5.48. The summed E-state index contributed by atoms with van der Waals surface area (Å²) in [6.45, 7) is 12.4. The highest BCUT2D eigenvalue weighted by Gasteiger charge is 2.45. The Labute approximate surface area is 160 Å². The van der Waals surface area contributed by atoms with E-state index < -0.39 is 5.60 Å². The predicted octanol–water partition coefficient (Wildman–Crippen LogP) is 4.74. The van der Waals surface area contributed by atoms with Gasteiger partial charge in [0.2, 0.25) is 0 Å². The summed E-state index contributed by atoms with van der Waals surface area (Å²) in [7, 11) is 0. The molecule has 3 aliphatic rings. The first-order valence-corrected chi connectivity index (χ1v) is 10.5. The molecule has 4 nitrogen and oxygen atoms in total. The number of fused-ring (bicyclic) bond motifs is 3. The first-order chi connectivity index (χ1) is 12.4. The number of likely N-dealkylation sites (tertiary alicyclic amines) is 1. The van der Waals surface area contributed by atoms with Crippen molar-refractivity contribution in [1.29, 1.82) is 0 Å². The minimum atomic E-state index is -0.450. The van der Waals surface area contributed by atoms with E-state index in [9.17, 15) is 4.79 Å². The minimum absolute atomic E-state index is 0.183. The number of nitrogens with zero attached hydrogens (tertiary/aromatic N) is 2. The summed E-state index contributed by atoms with van der Waals surface area (Å²) in [5.41, 5.74) is 3.54. The van der Waals surface area contributed by atoms with E-state index in [-0.39, 0.29) is 6.09 Å². The van der Waals surface area contributed by atoms with Crippen LogP contribution in [0.2, 0.25) is 0 Å². The van der Waals surface area contributed by atoms with Gasteiger partial charge in [0.25, 0.3) is 0 Å². The SMILES string of the molecule is C=Cc1cc2c3c(c1)[C@@H]1CN(C(=O)OC(C)(C)C)CC[C@@H]1N3CCCS2. The van der Waals surface area contributed by atoms with Gasteiger partial charge in [-0.15, -0.1) is 11.8 Å². The molecule has 0 N–H and O–H groups in total. The Hall–Kier alpha value is -1.62. The number of piperidine rings is 1. The lowest BCUT2D eigenvalue weighted by molar-refractivity contribution is 0.0189. The van der Waals surface area contributed by atoms with Crippen LogP contribution in [0.15, 0.2) is 23.6 Å². The molecule has 3 aliphatic heterocycles. The summed E-state index contributed by atoms with van der Waals surface area (Å²) in [4.78, 5) is 18.5. The Balaban J connectivity index is 1.66. The van der Waals surface area contributed by atoms with E-state index in [0.717, 1.165) is 26.1 Å². The Morgan fingerprint density at radius 3 is 2.88 bits per heavy atom. The lowest BCUT2D eigenvalue weighted by Crippen LogP contribution is -2.49. The molecule has 2 atom stereocenters. The van der Waals surface area contributed by atoms with Crippen molar-refractivity contribution in [2.24, 2.45) is 0 Å². The lowest BCUT2D eigenvalue weighted by atomic mass is 9.88.